The van der Waals surface area contributed by atoms with Gasteiger partial charge in [0.05, 0.1) is 22.5 Å². The van der Waals surface area contributed by atoms with Gasteiger partial charge in [0, 0.05) is 44.0 Å². The molecule has 1 amide bonds. The van der Waals surface area contributed by atoms with Gasteiger partial charge in [0.1, 0.15) is 27.6 Å². The lowest BCUT2D eigenvalue weighted by molar-refractivity contribution is -0.123. The van der Waals surface area contributed by atoms with Crippen LogP contribution in [0.1, 0.15) is 30.0 Å². The first-order valence-electron chi connectivity index (χ1n) is 12.9. The van der Waals surface area contributed by atoms with E-state index >= 15 is 0 Å². The van der Waals surface area contributed by atoms with Crippen LogP contribution in [0.3, 0.4) is 0 Å². The molecule has 210 valence electrons. The zero-order valence-corrected chi connectivity index (χ0v) is 24.5. The zero-order valence-electron chi connectivity index (χ0n) is 22.1. The van der Waals surface area contributed by atoms with Crippen LogP contribution >= 0.6 is 24.0 Å². The van der Waals surface area contributed by atoms with E-state index in [0.717, 1.165) is 17.4 Å². The van der Waals surface area contributed by atoms with E-state index in [4.69, 9.17) is 12.2 Å². The third kappa shape index (κ3) is 5.15. The summed E-state index contributed by atoms with van der Waals surface area (Å²) in [6.45, 7) is 6.23. The Kier molecular flexibility index (Phi) is 7.78. The second-order valence-corrected chi connectivity index (χ2v) is 13.9. The van der Waals surface area contributed by atoms with Gasteiger partial charge in [-0.1, -0.05) is 24.0 Å². The average Bonchev–Trinajstić information content (AvgIpc) is 3.42. The number of halogens is 1. The minimum atomic E-state index is -3.22. The van der Waals surface area contributed by atoms with Crippen molar-refractivity contribution in [2.75, 3.05) is 47.5 Å². The van der Waals surface area contributed by atoms with Gasteiger partial charge in [0.25, 0.3) is 11.5 Å². The van der Waals surface area contributed by atoms with Crippen LogP contribution in [0.4, 0.5) is 15.9 Å². The quantitative estimate of drug-likeness (QED) is 0.378. The molecule has 0 saturated carbocycles. The molecule has 3 saturated heterocycles. The monoisotopic (exact) mass is 601 g/mol. The highest BCUT2D eigenvalue weighted by Gasteiger charge is 2.42. The van der Waals surface area contributed by atoms with Crippen molar-refractivity contribution in [3.05, 3.63) is 62.0 Å². The number of aromatic nitrogens is 1. The number of anilines is 2. The summed E-state index contributed by atoms with van der Waals surface area (Å²) in [5.74, 6) is -0.137. The van der Waals surface area contributed by atoms with E-state index in [2.05, 4.69) is 9.80 Å². The molecule has 3 aliphatic heterocycles. The number of pyridine rings is 1. The van der Waals surface area contributed by atoms with E-state index < -0.39 is 15.9 Å². The summed E-state index contributed by atoms with van der Waals surface area (Å²) >= 11 is 6.59. The highest BCUT2D eigenvalue weighted by molar-refractivity contribution is 8.26. The van der Waals surface area contributed by atoms with E-state index in [1.165, 1.54) is 17.0 Å². The molecular weight excluding hydrogens is 574 g/mol. The lowest BCUT2D eigenvalue weighted by atomic mass is 10.0. The molecule has 13 heteroatoms. The number of hydrogen-bond donors (Lipinski definition) is 0. The zero-order chi connectivity index (χ0) is 28.8. The summed E-state index contributed by atoms with van der Waals surface area (Å²) in [5, 5.41) is 9.83. The molecule has 1 unspecified atom stereocenters. The van der Waals surface area contributed by atoms with Crippen molar-refractivity contribution in [2.24, 2.45) is 0 Å². The Labute approximate surface area is 241 Å². The molecular formula is C27H28FN5O4S3. The highest BCUT2D eigenvalue weighted by Crippen LogP contribution is 2.38. The number of rotatable bonds is 5. The smallest absolute Gasteiger partial charge is 0.270 e. The molecule has 0 N–H and O–H groups in total. The number of nitriles is 1. The maximum absolute atomic E-state index is 13.5. The molecule has 0 radical (unpaired) electrons. The molecule has 4 heterocycles. The maximum atomic E-state index is 13.5. The number of carbonyl (C=O) groups is 1. The third-order valence-corrected chi connectivity index (χ3v) is 10.7. The fraction of sp³-hybridized carbons (Fsp3) is 0.407. The van der Waals surface area contributed by atoms with Gasteiger partial charge in [-0.15, -0.1) is 0 Å². The number of carbonyl (C=O) groups excluding carboxylic acids is 1. The summed E-state index contributed by atoms with van der Waals surface area (Å²) < 4.78 is 39.4. The fourth-order valence-electron chi connectivity index (χ4n) is 5.51. The Morgan fingerprint density at radius 3 is 2.38 bits per heavy atom. The normalized spacial score (nSPS) is 21.9. The Bertz CT molecular complexity index is 1620. The van der Waals surface area contributed by atoms with Crippen LogP contribution in [0, 0.1) is 24.1 Å². The van der Waals surface area contributed by atoms with Crippen molar-refractivity contribution in [1.29, 1.82) is 5.26 Å². The van der Waals surface area contributed by atoms with Crippen LogP contribution in [0.2, 0.25) is 0 Å². The number of sulfone groups is 1. The molecule has 0 aliphatic carbocycles. The maximum Gasteiger partial charge on any atom is 0.270 e. The Morgan fingerprint density at radius 2 is 1.80 bits per heavy atom. The van der Waals surface area contributed by atoms with Crippen LogP contribution in [0.25, 0.3) is 6.08 Å². The number of thioether (sulfide) groups is 1. The van der Waals surface area contributed by atoms with Gasteiger partial charge in [-0.05, 0) is 56.2 Å². The topological polar surface area (TPSA) is 107 Å². The predicted octanol–water partition coefficient (Wildman–Crippen LogP) is 2.90. The van der Waals surface area contributed by atoms with Crippen LogP contribution < -0.4 is 15.4 Å². The van der Waals surface area contributed by atoms with Crippen molar-refractivity contribution in [1.82, 2.24) is 9.47 Å². The molecule has 1 aromatic carbocycles. The SMILES string of the molecule is CCn1c(N2CCN(c3ccc(F)cc3)CC2)c(/C=C2/SC(=S)N(C3CCS(=O)(=O)C3)C2=O)c(C)c(C#N)c1=O. The summed E-state index contributed by atoms with van der Waals surface area (Å²) in [6, 6.07) is 7.87. The predicted molar refractivity (Wildman–Crippen MR) is 159 cm³/mol. The van der Waals surface area contributed by atoms with Crippen molar-refractivity contribution < 1.29 is 17.6 Å². The Balaban J connectivity index is 1.52. The van der Waals surface area contributed by atoms with Crippen molar-refractivity contribution in [3.63, 3.8) is 0 Å². The first-order chi connectivity index (χ1) is 19.0. The van der Waals surface area contributed by atoms with E-state index in [0.29, 0.717) is 65.3 Å². The first kappa shape index (κ1) is 28.3. The van der Waals surface area contributed by atoms with Gasteiger partial charge in [-0.3, -0.25) is 19.1 Å². The molecule has 2 aromatic rings. The average molecular weight is 602 g/mol. The third-order valence-electron chi connectivity index (χ3n) is 7.61. The van der Waals surface area contributed by atoms with Crippen molar-refractivity contribution >= 4 is 61.6 Å². The minimum Gasteiger partial charge on any atom is -0.368 e. The molecule has 1 aromatic heterocycles. The van der Waals surface area contributed by atoms with E-state index in [1.54, 1.807) is 29.7 Å². The van der Waals surface area contributed by atoms with Crippen molar-refractivity contribution in [3.8, 4) is 6.07 Å². The van der Waals surface area contributed by atoms with Crippen LogP contribution in [-0.2, 0) is 21.2 Å². The Morgan fingerprint density at radius 1 is 1.15 bits per heavy atom. The number of amides is 1. The number of benzene rings is 1. The van der Waals surface area contributed by atoms with Gasteiger partial charge in [0.15, 0.2) is 9.84 Å². The van der Waals surface area contributed by atoms with Gasteiger partial charge in [0.2, 0.25) is 0 Å². The van der Waals surface area contributed by atoms with Gasteiger partial charge >= 0.3 is 0 Å². The van der Waals surface area contributed by atoms with E-state index in [1.807, 2.05) is 13.0 Å². The highest BCUT2D eigenvalue weighted by atomic mass is 32.2. The molecule has 5 rings (SSSR count). The lowest BCUT2D eigenvalue weighted by Crippen LogP contribution is -2.48. The fourth-order valence-corrected chi connectivity index (χ4v) is 8.59. The van der Waals surface area contributed by atoms with Gasteiger partial charge in [-0.25, -0.2) is 12.8 Å². The molecule has 1 atom stereocenters. The second-order valence-electron chi connectivity index (χ2n) is 9.96. The second kappa shape index (κ2) is 11.0. The largest absolute Gasteiger partial charge is 0.368 e. The first-order valence-corrected chi connectivity index (χ1v) is 16.0. The molecule has 3 aliphatic rings. The van der Waals surface area contributed by atoms with Crippen LogP contribution in [-0.4, -0.2) is 71.8 Å². The number of nitrogens with zero attached hydrogens (tertiary/aromatic N) is 5. The number of hydrogen-bond acceptors (Lipinski definition) is 9. The van der Waals surface area contributed by atoms with E-state index in [-0.39, 0.29) is 34.4 Å². The van der Waals surface area contributed by atoms with Crippen molar-refractivity contribution in [2.45, 2.75) is 32.9 Å². The summed E-state index contributed by atoms with van der Waals surface area (Å²) in [6.07, 6.45) is 2.02. The summed E-state index contributed by atoms with van der Waals surface area (Å²) in [5.41, 5.74) is 1.59. The number of piperazine rings is 1. The van der Waals surface area contributed by atoms with Crippen LogP contribution in [0.5, 0.6) is 0 Å². The van der Waals surface area contributed by atoms with Gasteiger partial charge in [-0.2, -0.15) is 5.26 Å². The number of thiocarbonyl (C=S) groups is 1. The standard InChI is InChI=1S/C27H28FN5O4S3/c1-3-32-24(31-11-9-30(10-12-31)19-6-4-18(28)5-7-19)21(17(2)22(15-29)25(32)34)14-23-26(35)33(27(38)39-23)20-8-13-40(36,37)16-20/h4-7,14,20H,3,8-13,16H2,1-2H3/b23-14+. The Hall–Kier alpha value is -3.21. The molecule has 40 heavy (non-hydrogen) atoms. The molecule has 9 nitrogen and oxygen atoms in total. The molecule has 3 fully saturated rings. The van der Waals surface area contributed by atoms with E-state index in [9.17, 15) is 27.7 Å². The lowest BCUT2D eigenvalue weighted by Gasteiger charge is -2.39. The summed E-state index contributed by atoms with van der Waals surface area (Å²) in [7, 11) is -3.22. The molecule has 0 spiro atoms. The van der Waals surface area contributed by atoms with Gasteiger partial charge < -0.3 is 9.80 Å². The molecule has 0 bridgehead atoms. The summed E-state index contributed by atoms with van der Waals surface area (Å²) in [4.78, 5) is 32.7. The van der Waals surface area contributed by atoms with Crippen LogP contribution in [0.15, 0.2) is 34.0 Å². The minimum absolute atomic E-state index is 0.0131.